The van der Waals surface area contributed by atoms with Crippen molar-refractivity contribution in [1.29, 1.82) is 0 Å². The van der Waals surface area contributed by atoms with Crippen molar-refractivity contribution in [2.24, 2.45) is 36.1 Å². The van der Waals surface area contributed by atoms with Gasteiger partial charge in [-0.3, -0.25) is 0 Å². The summed E-state index contributed by atoms with van der Waals surface area (Å²) in [6.07, 6.45) is 1.65. The maximum absolute atomic E-state index is 6.75. The van der Waals surface area contributed by atoms with E-state index in [1.807, 2.05) is 32.0 Å². The molecule has 0 amide bonds. The number of hydrogen-bond acceptors (Lipinski definition) is 12. The van der Waals surface area contributed by atoms with E-state index >= 15 is 0 Å². The van der Waals surface area contributed by atoms with Crippen LogP contribution >= 0.6 is 185 Å². The fraction of sp³-hybridized carbons (Fsp3) is 0.667. The lowest BCUT2D eigenvalue weighted by atomic mass is 10.1. The zero-order valence-electron chi connectivity index (χ0n) is 25.9. The number of hydrogen-bond donors (Lipinski definition) is 0. The maximum atomic E-state index is 6.75. The van der Waals surface area contributed by atoms with E-state index in [4.69, 9.17) is 153 Å². The van der Waals surface area contributed by atoms with Crippen LogP contribution in [-0.2, 0) is 13.1 Å². The molecule has 0 aromatic heterocycles. The zero-order valence-corrected chi connectivity index (χ0v) is 42.1. The van der Waals surface area contributed by atoms with Crippen LogP contribution in [0.4, 0.5) is 0 Å². The smallest absolute Gasteiger partial charge is 0.240 e. The molecule has 0 aliphatic carbocycles. The largest absolute Gasteiger partial charge is 0.257 e. The molecule has 1 aromatic carbocycles. The van der Waals surface area contributed by atoms with E-state index in [0.29, 0.717) is 52.4 Å². The Morgan fingerprint density at radius 3 is 1.10 bits per heavy atom. The molecule has 0 saturated carbocycles. The van der Waals surface area contributed by atoms with Crippen LogP contribution in [-0.4, -0.2) is 58.0 Å². The summed E-state index contributed by atoms with van der Waals surface area (Å²) >= 11 is 79.5. The van der Waals surface area contributed by atoms with Gasteiger partial charge in [-0.2, -0.15) is 36.1 Å². The van der Waals surface area contributed by atoms with E-state index in [1.165, 1.54) is 0 Å². The van der Waals surface area contributed by atoms with E-state index in [-0.39, 0.29) is 0 Å². The van der Waals surface area contributed by atoms with Crippen LogP contribution in [0.25, 0.3) is 0 Å². The number of benzene rings is 1. The first-order valence-corrected chi connectivity index (χ1v) is 38.7. The lowest BCUT2D eigenvalue weighted by Crippen LogP contribution is -2.38. The first-order valence-electron chi connectivity index (χ1n) is 14.5. The minimum absolute atomic E-state index is 0.413. The first-order chi connectivity index (χ1) is 22.9. The molecule has 0 radical (unpaired) electrons. The Hall–Kier alpha value is 4.38. The molecule has 286 valence electrons. The molecule has 0 bridgehead atoms. The van der Waals surface area contributed by atoms with Crippen LogP contribution in [0, 0.1) is 0 Å². The minimum Gasteiger partial charge on any atom is -0.240 e. The van der Waals surface area contributed by atoms with Gasteiger partial charge in [-0.05, 0) is 159 Å². The van der Waals surface area contributed by atoms with Gasteiger partial charge in [0.2, 0.25) is 15.0 Å². The van der Waals surface area contributed by atoms with E-state index in [1.54, 1.807) is 0 Å². The predicted molar refractivity (Wildman–Crippen MR) is 236 cm³/mol. The van der Waals surface area contributed by atoms with Gasteiger partial charge in [-0.25, -0.2) is 18.7 Å². The highest BCUT2D eigenvalue weighted by molar-refractivity contribution is 8.24. The molecule has 2 atom stereocenters. The summed E-state index contributed by atoms with van der Waals surface area (Å²) in [5.74, 6) is -20.6. The lowest BCUT2D eigenvalue weighted by molar-refractivity contribution is 0.311. The molecule has 2 spiro atoms. The van der Waals surface area contributed by atoms with E-state index in [0.717, 1.165) is 24.0 Å². The average Bonchev–Trinajstić information content (AvgIpc) is 2.90. The maximum Gasteiger partial charge on any atom is 0.257 e. The Bertz CT molecular complexity index is 1830. The van der Waals surface area contributed by atoms with Crippen LogP contribution in [0.15, 0.2) is 60.4 Å². The molecule has 12 nitrogen and oxygen atoms in total. The second-order valence-corrected chi connectivity index (χ2v) is 46.6. The Morgan fingerprint density at radius 2 is 0.760 bits per heavy atom. The predicted octanol–water partition coefficient (Wildman–Crippen LogP) is 19.2. The standard InChI is InChI=1S/C18H30Cl12N12P8/c1-3-39-10-6-12-41(49(39)35-45(23,24)31-43(19,20)32-46(25,26)36-49)15-17-8-5-9-18(14-17)16-42-13-7-11-40(4-2)50(42)37-47(27,28)33-44(21,22)34-48(29,30)38-50/h5,8-9,14H,3-4,6-7,10-13,15-16H2,1-2H3. The van der Waals surface area contributed by atoms with E-state index in [2.05, 4.69) is 42.8 Å². The number of rotatable bonds is 6. The lowest BCUT2D eigenvalue weighted by Gasteiger charge is -2.45. The topological polar surface area (TPSA) is 112 Å². The van der Waals surface area contributed by atoms with Gasteiger partial charge in [-0.1, -0.05) is 38.1 Å². The zero-order chi connectivity index (χ0) is 37.0. The SMILES string of the molecule is CCN1CCCN(Cc2cccc(CN3CCCN(CC)P34=NP(Cl)(Cl)=NP(Cl)(Cl)=NP(Cl)(Cl)=N4)c2)P12=NP(Cl)(Cl)=NP(Cl)(Cl)=NP(Cl)(Cl)=N2. The fourth-order valence-electron chi connectivity index (χ4n) is 5.75. The van der Waals surface area contributed by atoms with Gasteiger partial charge in [0.15, 0.2) is 0 Å². The Balaban J connectivity index is 1.58. The van der Waals surface area contributed by atoms with Gasteiger partial charge in [0.25, 0.3) is 35.5 Å². The quantitative estimate of drug-likeness (QED) is 0.264. The summed E-state index contributed by atoms with van der Waals surface area (Å²) in [5.41, 5.74) is 1.91. The molecule has 2 fully saturated rings. The van der Waals surface area contributed by atoms with Crippen molar-refractivity contribution >= 4 is 185 Å². The van der Waals surface area contributed by atoms with Gasteiger partial charge < -0.3 is 0 Å². The molecule has 4 heterocycles. The van der Waals surface area contributed by atoms with Crippen molar-refractivity contribution in [2.45, 2.75) is 39.8 Å². The van der Waals surface area contributed by atoms with Crippen molar-refractivity contribution in [3.05, 3.63) is 35.4 Å². The third-order valence-corrected chi connectivity index (χ3v) is 40.9. The van der Waals surface area contributed by atoms with Gasteiger partial charge in [0.1, 0.15) is 0 Å². The van der Waals surface area contributed by atoms with Crippen molar-refractivity contribution in [3.8, 4) is 0 Å². The Morgan fingerprint density at radius 1 is 0.460 bits per heavy atom. The molecule has 5 rings (SSSR count). The first kappa shape index (κ1) is 45.5. The van der Waals surface area contributed by atoms with E-state index in [9.17, 15) is 0 Å². The summed E-state index contributed by atoms with van der Waals surface area (Å²) in [6, 6.07) is 8.09. The summed E-state index contributed by atoms with van der Waals surface area (Å²) in [6.45, 7) is 8.55. The highest BCUT2D eigenvalue weighted by Crippen LogP contribution is 2.89. The number of halogens is 12. The van der Waals surface area contributed by atoms with Gasteiger partial charge in [0.05, 0.1) is 0 Å². The van der Waals surface area contributed by atoms with Crippen LogP contribution < -0.4 is 0 Å². The molecule has 4 aliphatic heterocycles. The normalized spacial score (nSPS) is 32.1. The molecule has 4 aliphatic rings. The third-order valence-electron chi connectivity index (χ3n) is 7.41. The monoisotopic (exact) mass is 1080 g/mol. The van der Waals surface area contributed by atoms with Crippen LogP contribution in [0.3, 0.4) is 0 Å². The van der Waals surface area contributed by atoms with Gasteiger partial charge in [-0.15, -0.1) is 0 Å². The van der Waals surface area contributed by atoms with Crippen molar-refractivity contribution in [1.82, 2.24) is 18.7 Å². The fourth-order valence-corrected chi connectivity index (χ4v) is 51.3. The minimum atomic E-state index is -3.45. The number of nitrogens with zero attached hydrogens (tertiary/aromatic N) is 12. The van der Waals surface area contributed by atoms with Crippen molar-refractivity contribution in [3.63, 3.8) is 0 Å². The molecule has 0 N–H and O–H groups in total. The second-order valence-electron chi connectivity index (χ2n) is 10.9. The van der Waals surface area contributed by atoms with Gasteiger partial charge >= 0.3 is 0 Å². The van der Waals surface area contributed by atoms with Crippen LogP contribution in [0.2, 0.25) is 0 Å². The summed E-state index contributed by atoms with van der Waals surface area (Å²) in [4.78, 5) is 0. The third kappa shape index (κ3) is 11.3. The average molecular weight is 1090 g/mol. The van der Waals surface area contributed by atoms with Crippen molar-refractivity contribution < 1.29 is 0 Å². The molecule has 32 heteroatoms. The Labute approximate surface area is 351 Å². The van der Waals surface area contributed by atoms with Crippen LogP contribution in [0.1, 0.15) is 37.8 Å². The second kappa shape index (κ2) is 17.2. The Kier molecular flexibility index (Phi) is 15.6. The van der Waals surface area contributed by atoms with Crippen molar-refractivity contribution in [2.75, 3.05) is 39.3 Å². The molecule has 1 aromatic rings. The molecular weight excluding hydrogens is 1060 g/mol. The molecule has 2 unspecified atom stereocenters. The summed E-state index contributed by atoms with van der Waals surface area (Å²) in [5, 5.41) is 0. The van der Waals surface area contributed by atoms with Crippen LogP contribution in [0.5, 0.6) is 0 Å². The molecule has 50 heavy (non-hydrogen) atoms. The van der Waals surface area contributed by atoms with E-state index < -0.39 is 50.5 Å². The highest BCUT2D eigenvalue weighted by atomic mass is 35.9. The summed E-state index contributed by atoms with van der Waals surface area (Å²) < 4.78 is 45.3. The summed E-state index contributed by atoms with van der Waals surface area (Å²) in [7, 11) is -6.22. The molecular formula is C18H30Cl12N12P8. The van der Waals surface area contributed by atoms with Gasteiger partial charge in [0, 0.05) is 52.4 Å². The highest BCUT2D eigenvalue weighted by Gasteiger charge is 2.45. The molecule has 2 saturated heterocycles.